The van der Waals surface area contributed by atoms with Crippen molar-refractivity contribution >= 4 is 39.3 Å². The molecule has 0 N–H and O–H groups in total. The summed E-state index contributed by atoms with van der Waals surface area (Å²) in [5.74, 6) is 0. The van der Waals surface area contributed by atoms with Crippen LogP contribution in [-0.4, -0.2) is 64.4 Å². The first-order valence-corrected chi connectivity index (χ1v) is 12.1. The highest BCUT2D eigenvalue weighted by Gasteiger charge is 2.88. The Hall–Kier alpha value is -1.04. The molecule has 0 heterocycles. The van der Waals surface area contributed by atoms with Crippen LogP contribution in [0.4, 0.5) is 52.7 Å². The summed E-state index contributed by atoms with van der Waals surface area (Å²) in [5.41, 5.74) is -30.5. The van der Waals surface area contributed by atoms with Crippen molar-refractivity contribution in [1.29, 1.82) is 0 Å². The molecular weight excluding hydrogens is 568 g/mol. The van der Waals surface area contributed by atoms with Gasteiger partial charge >= 0.3 is 25.4 Å². The molecule has 1 unspecified atom stereocenters. The van der Waals surface area contributed by atoms with E-state index in [4.69, 9.17) is 0 Å². The van der Waals surface area contributed by atoms with E-state index in [1.807, 2.05) is 0 Å². The van der Waals surface area contributed by atoms with Gasteiger partial charge in [0.05, 0.1) is 0 Å². The molecule has 0 spiro atoms. The standard InChI is InChI=1S/C7H4F12O8S4/c1-2(28(20,21)4(8,9)10)3(29(22,23)5(11,12)13,30(24,25)6(14,15)16)31(26,27)7(17,18)19/h2H,1H3. The van der Waals surface area contributed by atoms with Crippen LogP contribution in [0, 0.1) is 0 Å². The molecule has 0 radical (unpaired) electrons. The van der Waals surface area contributed by atoms with E-state index in [9.17, 15) is 86.4 Å². The van der Waals surface area contributed by atoms with Crippen LogP contribution in [0.1, 0.15) is 6.92 Å². The van der Waals surface area contributed by atoms with Crippen LogP contribution >= 0.6 is 0 Å². The van der Waals surface area contributed by atoms with Crippen molar-refractivity contribution in [2.24, 2.45) is 0 Å². The van der Waals surface area contributed by atoms with E-state index in [0.717, 1.165) is 0 Å². The van der Waals surface area contributed by atoms with E-state index in [2.05, 4.69) is 0 Å². The highest BCUT2D eigenvalue weighted by molar-refractivity contribution is 8.27. The Morgan fingerprint density at radius 3 is 0.774 bits per heavy atom. The lowest BCUT2D eigenvalue weighted by Crippen LogP contribution is -2.70. The highest BCUT2D eigenvalue weighted by Crippen LogP contribution is 2.55. The van der Waals surface area contributed by atoms with Crippen molar-refractivity contribution in [2.75, 3.05) is 0 Å². The van der Waals surface area contributed by atoms with E-state index in [1.165, 1.54) is 0 Å². The topological polar surface area (TPSA) is 137 Å². The molecule has 1 atom stereocenters. The van der Waals surface area contributed by atoms with Crippen LogP contribution in [0.25, 0.3) is 0 Å². The number of halogens is 12. The molecule has 31 heavy (non-hydrogen) atoms. The van der Waals surface area contributed by atoms with Gasteiger partial charge in [0.2, 0.25) is 0 Å². The molecule has 0 bridgehead atoms. The fourth-order valence-electron chi connectivity index (χ4n) is 1.96. The molecular formula is C7H4F12O8S4. The molecule has 0 aromatic rings. The fourth-order valence-corrected chi connectivity index (χ4v) is 12.5. The monoisotopic (exact) mass is 572 g/mol. The van der Waals surface area contributed by atoms with Gasteiger partial charge in [-0.25, -0.2) is 33.7 Å². The molecule has 24 heteroatoms. The van der Waals surface area contributed by atoms with E-state index in [1.54, 1.807) is 0 Å². The highest BCUT2D eigenvalue weighted by atomic mass is 32.3. The minimum Gasteiger partial charge on any atom is -0.219 e. The molecule has 0 fully saturated rings. The van der Waals surface area contributed by atoms with Crippen molar-refractivity contribution in [3.8, 4) is 0 Å². The van der Waals surface area contributed by atoms with Crippen molar-refractivity contribution in [1.82, 2.24) is 0 Å². The molecule has 0 amide bonds. The summed E-state index contributed by atoms with van der Waals surface area (Å²) >= 11 is 0. The number of sulfone groups is 4. The van der Waals surface area contributed by atoms with E-state index >= 15 is 0 Å². The molecule has 8 nitrogen and oxygen atoms in total. The fraction of sp³-hybridized carbons (Fsp3) is 1.00. The summed E-state index contributed by atoms with van der Waals surface area (Å²) in [5, 5.41) is -5.58. The number of alkyl halides is 12. The van der Waals surface area contributed by atoms with Crippen molar-refractivity contribution in [2.45, 2.75) is 37.6 Å². The van der Waals surface area contributed by atoms with Crippen LogP contribution in [-0.2, 0) is 39.3 Å². The molecule has 0 aromatic heterocycles. The number of rotatable bonds is 5. The van der Waals surface area contributed by atoms with Gasteiger partial charge in [-0.2, -0.15) is 52.7 Å². The Morgan fingerprint density at radius 2 is 0.645 bits per heavy atom. The smallest absolute Gasteiger partial charge is 0.219 e. The quantitative estimate of drug-likeness (QED) is 0.455. The van der Waals surface area contributed by atoms with Gasteiger partial charge in [0.25, 0.3) is 39.3 Å². The summed E-state index contributed by atoms with van der Waals surface area (Å²) in [4.78, 5) is 0. The Labute approximate surface area is 163 Å². The van der Waals surface area contributed by atoms with Crippen LogP contribution in [0.2, 0.25) is 0 Å². The van der Waals surface area contributed by atoms with Crippen molar-refractivity contribution in [3.05, 3.63) is 0 Å². The second kappa shape index (κ2) is 7.23. The maximum atomic E-state index is 12.9. The van der Waals surface area contributed by atoms with E-state index in [0.29, 0.717) is 0 Å². The molecule has 0 rings (SSSR count). The SMILES string of the molecule is CC(C(S(=O)(=O)C(F)(F)F)(S(=O)(=O)C(F)(F)F)S(=O)(=O)C(F)(F)F)S(=O)(=O)C(F)(F)F. The summed E-state index contributed by atoms with van der Waals surface area (Å²) in [7, 11) is -35.5. The van der Waals surface area contributed by atoms with E-state index in [-0.39, 0.29) is 0 Å². The number of hydrogen-bond donors (Lipinski definition) is 0. The summed E-state index contributed by atoms with van der Waals surface area (Å²) in [6.07, 6.45) is 0. The molecule has 0 aliphatic carbocycles. The third kappa shape index (κ3) is 3.85. The molecule has 0 aromatic carbocycles. The Morgan fingerprint density at radius 1 is 0.452 bits per heavy atom. The first-order chi connectivity index (χ1) is 12.9. The predicted octanol–water partition coefficient (Wildman–Crippen LogP) is 1.77. The maximum absolute atomic E-state index is 12.9. The average molecular weight is 572 g/mol. The maximum Gasteiger partial charge on any atom is 0.500 e. The van der Waals surface area contributed by atoms with Gasteiger partial charge < -0.3 is 0 Å². The summed E-state index contributed by atoms with van der Waals surface area (Å²) < 4.78 is 238. The second-order valence-electron chi connectivity index (χ2n) is 5.08. The van der Waals surface area contributed by atoms with Gasteiger partial charge in [-0.15, -0.1) is 0 Å². The lowest BCUT2D eigenvalue weighted by molar-refractivity contribution is -0.0534. The Kier molecular flexibility index (Phi) is 6.99. The largest absolute Gasteiger partial charge is 0.500 e. The first kappa shape index (κ1) is 30.0. The predicted molar refractivity (Wildman–Crippen MR) is 72.1 cm³/mol. The minimum absolute atomic E-state index is 1.33. The second-order valence-corrected chi connectivity index (χ2v) is 14.5. The zero-order valence-electron chi connectivity index (χ0n) is 13.5. The normalized spacial score (nSPS) is 17.5. The lowest BCUT2D eigenvalue weighted by atomic mass is 10.5. The molecule has 0 saturated carbocycles. The van der Waals surface area contributed by atoms with Crippen LogP contribution in [0.3, 0.4) is 0 Å². The zero-order valence-corrected chi connectivity index (χ0v) is 16.8. The van der Waals surface area contributed by atoms with Gasteiger partial charge in [-0.3, -0.25) is 0 Å². The van der Waals surface area contributed by atoms with Crippen LogP contribution in [0.5, 0.6) is 0 Å². The van der Waals surface area contributed by atoms with Crippen LogP contribution in [0.15, 0.2) is 0 Å². The molecule has 0 saturated heterocycles. The first-order valence-electron chi connectivity index (χ1n) is 6.13. The zero-order chi connectivity index (χ0) is 26.1. The van der Waals surface area contributed by atoms with Crippen molar-refractivity contribution < 1.29 is 86.4 Å². The Balaban J connectivity index is 8.70. The lowest BCUT2D eigenvalue weighted by Gasteiger charge is -2.37. The average Bonchev–Trinajstić information content (AvgIpc) is 2.41. The third-order valence-electron chi connectivity index (χ3n) is 3.32. The van der Waals surface area contributed by atoms with Crippen LogP contribution < -0.4 is 0 Å². The van der Waals surface area contributed by atoms with Gasteiger partial charge in [0, 0.05) is 0 Å². The molecule has 0 aliphatic heterocycles. The summed E-state index contributed by atoms with van der Waals surface area (Å²) in [6, 6.07) is 0. The van der Waals surface area contributed by atoms with Gasteiger partial charge in [-0.05, 0) is 6.92 Å². The summed E-state index contributed by atoms with van der Waals surface area (Å²) in [6.45, 7) is -1.33. The number of hydrogen-bond acceptors (Lipinski definition) is 8. The Bertz CT molecular complexity index is 1020. The van der Waals surface area contributed by atoms with Gasteiger partial charge in [0.1, 0.15) is 5.25 Å². The van der Waals surface area contributed by atoms with E-state index < -0.39 is 77.0 Å². The molecule has 188 valence electrons. The molecule has 0 aliphatic rings. The van der Waals surface area contributed by atoms with Gasteiger partial charge in [-0.1, -0.05) is 0 Å². The third-order valence-corrected chi connectivity index (χ3v) is 14.8. The van der Waals surface area contributed by atoms with Gasteiger partial charge in [0.15, 0.2) is 0 Å². The van der Waals surface area contributed by atoms with Crippen molar-refractivity contribution in [3.63, 3.8) is 0 Å². The minimum atomic E-state index is -9.12.